The predicted octanol–water partition coefficient (Wildman–Crippen LogP) is 1.35. The molecule has 0 aromatic heterocycles. The zero-order chi connectivity index (χ0) is 15.4. The second kappa shape index (κ2) is 12.1. The molecule has 0 rings (SSSR count). The summed E-state index contributed by atoms with van der Waals surface area (Å²) in [6.45, 7) is 14.2. The third kappa shape index (κ3) is 9.28. The number of rotatable bonds is 12. The lowest BCUT2D eigenvalue weighted by Gasteiger charge is -2.25. The Morgan fingerprint density at radius 2 is 1.60 bits per heavy atom. The highest BCUT2D eigenvalue weighted by atomic mass is 16.5. The van der Waals surface area contributed by atoms with Gasteiger partial charge in [0.15, 0.2) is 0 Å². The van der Waals surface area contributed by atoms with Gasteiger partial charge in [-0.25, -0.2) is 0 Å². The lowest BCUT2D eigenvalue weighted by atomic mass is 10.2. The van der Waals surface area contributed by atoms with Crippen LogP contribution in [0.25, 0.3) is 0 Å². The number of carbonyl (C=O) groups is 1. The quantitative estimate of drug-likeness (QED) is 0.550. The van der Waals surface area contributed by atoms with E-state index in [1.165, 1.54) is 0 Å². The van der Waals surface area contributed by atoms with Crippen LogP contribution in [0, 0.1) is 0 Å². The maximum atomic E-state index is 11.3. The van der Waals surface area contributed by atoms with E-state index in [4.69, 9.17) is 4.74 Å². The zero-order valence-corrected chi connectivity index (χ0v) is 13.6. The van der Waals surface area contributed by atoms with Crippen LogP contribution in [0.15, 0.2) is 0 Å². The molecule has 0 amide bonds. The molecule has 5 heteroatoms. The molecule has 0 saturated heterocycles. The summed E-state index contributed by atoms with van der Waals surface area (Å²) in [5.41, 5.74) is 0. The molecule has 1 N–H and O–H groups in total. The number of ether oxygens (including phenoxy) is 1. The molecule has 0 aromatic carbocycles. The van der Waals surface area contributed by atoms with Crippen molar-refractivity contribution in [3.63, 3.8) is 0 Å². The number of aliphatic hydroxyl groups excluding tert-OH is 1. The number of nitrogens with zero attached hydrogens (tertiary/aromatic N) is 2. The van der Waals surface area contributed by atoms with Crippen molar-refractivity contribution < 1.29 is 14.6 Å². The van der Waals surface area contributed by atoms with Crippen molar-refractivity contribution >= 4 is 5.97 Å². The smallest absolute Gasteiger partial charge is 0.308 e. The van der Waals surface area contributed by atoms with Crippen molar-refractivity contribution in [1.82, 2.24) is 9.80 Å². The first-order valence-electron chi connectivity index (χ1n) is 7.85. The van der Waals surface area contributed by atoms with Gasteiger partial charge in [0.2, 0.25) is 0 Å². The van der Waals surface area contributed by atoms with Crippen LogP contribution in [-0.4, -0.2) is 72.9 Å². The summed E-state index contributed by atoms with van der Waals surface area (Å²) < 4.78 is 4.85. The van der Waals surface area contributed by atoms with Gasteiger partial charge in [-0.05, 0) is 46.1 Å². The molecule has 0 saturated carbocycles. The second-order valence-electron chi connectivity index (χ2n) is 4.94. The van der Waals surface area contributed by atoms with E-state index in [1.54, 1.807) is 6.92 Å². The Hall–Kier alpha value is -0.650. The normalized spacial score (nSPS) is 12.9. The number of likely N-dealkylation sites (N-methyl/N-ethyl adjacent to an activating group) is 1. The van der Waals surface area contributed by atoms with Gasteiger partial charge in [0.25, 0.3) is 0 Å². The average Bonchev–Trinajstić information content (AvgIpc) is 2.42. The SMILES string of the molecule is CCOC(=O)CC(O)CN(CC)CCCN(CC)CC. The summed E-state index contributed by atoms with van der Waals surface area (Å²) in [7, 11) is 0. The van der Waals surface area contributed by atoms with Crippen LogP contribution in [0.3, 0.4) is 0 Å². The molecule has 0 aliphatic heterocycles. The van der Waals surface area contributed by atoms with E-state index in [2.05, 4.69) is 30.6 Å². The Kier molecular flexibility index (Phi) is 11.7. The Morgan fingerprint density at radius 3 is 2.10 bits per heavy atom. The number of esters is 1. The summed E-state index contributed by atoms with van der Waals surface area (Å²) in [5.74, 6) is -0.320. The largest absolute Gasteiger partial charge is 0.466 e. The minimum absolute atomic E-state index is 0.0837. The maximum Gasteiger partial charge on any atom is 0.308 e. The first-order chi connectivity index (χ1) is 9.57. The summed E-state index contributed by atoms with van der Waals surface area (Å²) in [4.78, 5) is 15.9. The standard InChI is InChI=1S/C15H32N2O3/c1-5-16(6-2)10-9-11-17(7-3)13-14(18)12-15(19)20-8-4/h14,18H,5-13H2,1-4H3. The van der Waals surface area contributed by atoms with Crippen molar-refractivity contribution in [2.45, 2.75) is 46.6 Å². The van der Waals surface area contributed by atoms with Gasteiger partial charge in [-0.1, -0.05) is 20.8 Å². The van der Waals surface area contributed by atoms with Crippen LogP contribution in [0.2, 0.25) is 0 Å². The van der Waals surface area contributed by atoms with Gasteiger partial charge in [0.05, 0.1) is 19.1 Å². The number of hydrogen-bond donors (Lipinski definition) is 1. The molecule has 0 radical (unpaired) electrons. The highest BCUT2D eigenvalue weighted by Crippen LogP contribution is 2.01. The van der Waals surface area contributed by atoms with Crippen LogP contribution in [0.4, 0.5) is 0 Å². The second-order valence-corrected chi connectivity index (χ2v) is 4.94. The Labute approximate surface area is 123 Å². The van der Waals surface area contributed by atoms with Gasteiger partial charge in [-0.15, -0.1) is 0 Å². The van der Waals surface area contributed by atoms with Crippen LogP contribution in [0.1, 0.15) is 40.5 Å². The number of carbonyl (C=O) groups excluding carboxylic acids is 1. The van der Waals surface area contributed by atoms with E-state index >= 15 is 0 Å². The van der Waals surface area contributed by atoms with E-state index in [0.717, 1.165) is 39.1 Å². The molecule has 20 heavy (non-hydrogen) atoms. The van der Waals surface area contributed by atoms with E-state index in [0.29, 0.717) is 13.2 Å². The lowest BCUT2D eigenvalue weighted by molar-refractivity contribution is -0.145. The van der Waals surface area contributed by atoms with Crippen molar-refractivity contribution in [3.05, 3.63) is 0 Å². The van der Waals surface area contributed by atoms with Gasteiger partial charge in [-0.2, -0.15) is 0 Å². The zero-order valence-electron chi connectivity index (χ0n) is 13.6. The predicted molar refractivity (Wildman–Crippen MR) is 81.8 cm³/mol. The summed E-state index contributed by atoms with van der Waals surface area (Å²) in [5, 5.41) is 9.90. The van der Waals surface area contributed by atoms with Gasteiger partial charge < -0.3 is 19.6 Å². The lowest BCUT2D eigenvalue weighted by Crippen LogP contribution is -2.36. The monoisotopic (exact) mass is 288 g/mol. The average molecular weight is 288 g/mol. The molecule has 0 aliphatic rings. The molecule has 1 unspecified atom stereocenters. The molecule has 0 aromatic rings. The van der Waals surface area contributed by atoms with Gasteiger partial charge in [0, 0.05) is 6.54 Å². The summed E-state index contributed by atoms with van der Waals surface area (Å²) in [6.07, 6.45) is 0.532. The molecular formula is C15H32N2O3. The van der Waals surface area contributed by atoms with E-state index < -0.39 is 6.10 Å². The van der Waals surface area contributed by atoms with Crippen molar-refractivity contribution in [2.75, 3.05) is 45.9 Å². The summed E-state index contributed by atoms with van der Waals surface area (Å²) >= 11 is 0. The minimum atomic E-state index is -0.637. The molecule has 0 heterocycles. The van der Waals surface area contributed by atoms with Gasteiger partial charge in [-0.3, -0.25) is 4.79 Å². The fourth-order valence-electron chi connectivity index (χ4n) is 2.21. The fraction of sp³-hybridized carbons (Fsp3) is 0.933. The molecule has 1 atom stereocenters. The third-order valence-corrected chi connectivity index (χ3v) is 3.47. The number of aliphatic hydroxyl groups is 1. The first-order valence-corrected chi connectivity index (χ1v) is 7.85. The van der Waals surface area contributed by atoms with E-state index in [-0.39, 0.29) is 12.4 Å². The Bertz CT molecular complexity index is 245. The fourth-order valence-corrected chi connectivity index (χ4v) is 2.21. The molecule has 0 aliphatic carbocycles. The number of hydrogen-bond acceptors (Lipinski definition) is 5. The highest BCUT2D eigenvalue weighted by Gasteiger charge is 2.15. The van der Waals surface area contributed by atoms with Crippen molar-refractivity contribution in [2.24, 2.45) is 0 Å². The van der Waals surface area contributed by atoms with Gasteiger partial charge in [0.1, 0.15) is 0 Å². The maximum absolute atomic E-state index is 11.3. The first kappa shape index (κ1) is 19.4. The Morgan fingerprint density at radius 1 is 1.05 bits per heavy atom. The summed E-state index contributed by atoms with van der Waals surface area (Å²) in [6, 6.07) is 0. The molecule has 5 nitrogen and oxygen atoms in total. The molecular weight excluding hydrogens is 256 g/mol. The van der Waals surface area contributed by atoms with Crippen LogP contribution < -0.4 is 0 Å². The van der Waals surface area contributed by atoms with Gasteiger partial charge >= 0.3 is 5.97 Å². The van der Waals surface area contributed by atoms with Crippen LogP contribution in [0.5, 0.6) is 0 Å². The van der Waals surface area contributed by atoms with E-state index in [1.807, 2.05) is 0 Å². The van der Waals surface area contributed by atoms with Crippen molar-refractivity contribution in [3.8, 4) is 0 Å². The molecule has 120 valence electrons. The molecule has 0 bridgehead atoms. The van der Waals surface area contributed by atoms with E-state index in [9.17, 15) is 9.90 Å². The highest BCUT2D eigenvalue weighted by molar-refractivity contribution is 5.69. The molecule has 0 fully saturated rings. The topological polar surface area (TPSA) is 53.0 Å². The van der Waals surface area contributed by atoms with Crippen LogP contribution in [-0.2, 0) is 9.53 Å². The molecule has 0 spiro atoms. The van der Waals surface area contributed by atoms with Crippen LogP contribution >= 0.6 is 0 Å². The Balaban J connectivity index is 3.92. The van der Waals surface area contributed by atoms with Crippen molar-refractivity contribution in [1.29, 1.82) is 0 Å². The third-order valence-electron chi connectivity index (χ3n) is 3.47. The minimum Gasteiger partial charge on any atom is -0.466 e.